The minimum atomic E-state index is -4.76. The molecule has 5 rings (SSSR count). The summed E-state index contributed by atoms with van der Waals surface area (Å²) < 4.78 is 51.4. The largest absolute Gasteiger partial charge is 0.472 e. The zero-order valence-electron chi connectivity index (χ0n) is 34.5. The van der Waals surface area contributed by atoms with Crippen molar-refractivity contribution in [2.24, 2.45) is 0 Å². The van der Waals surface area contributed by atoms with Crippen molar-refractivity contribution in [3.63, 3.8) is 0 Å². The van der Waals surface area contributed by atoms with Crippen LogP contribution in [-0.4, -0.2) is 85.5 Å². The van der Waals surface area contributed by atoms with E-state index in [2.05, 4.69) is 22.3 Å². The van der Waals surface area contributed by atoms with Gasteiger partial charge in [-0.15, -0.1) is 0 Å². The van der Waals surface area contributed by atoms with Gasteiger partial charge in [-0.25, -0.2) is 18.5 Å². The molecule has 1 saturated carbocycles. The van der Waals surface area contributed by atoms with Crippen LogP contribution in [0.3, 0.4) is 0 Å². The van der Waals surface area contributed by atoms with Crippen molar-refractivity contribution in [1.29, 1.82) is 0 Å². The van der Waals surface area contributed by atoms with Gasteiger partial charge < -0.3 is 35.6 Å². The summed E-state index contributed by atoms with van der Waals surface area (Å²) in [6.07, 6.45) is 18.3. The summed E-state index contributed by atoms with van der Waals surface area (Å²) in [4.78, 5) is 14.8. The van der Waals surface area contributed by atoms with Gasteiger partial charge in [0.15, 0.2) is 11.4 Å². The van der Waals surface area contributed by atoms with Gasteiger partial charge in [0, 0.05) is 12.6 Å². The third kappa shape index (κ3) is 12.4. The van der Waals surface area contributed by atoms with Gasteiger partial charge in [-0.05, 0) is 56.5 Å². The number of nitrogen functional groups attached to an aromatic ring is 1. The van der Waals surface area contributed by atoms with Gasteiger partial charge in [-0.1, -0.05) is 121 Å². The predicted octanol–water partition coefficient (Wildman–Crippen LogP) is 8.19. The molecule has 0 amide bonds. The first kappa shape index (κ1) is 46.8. The minimum absolute atomic E-state index is 0.0338. The number of hydrogen-bond acceptors (Lipinski definition) is 11. The van der Waals surface area contributed by atoms with Crippen LogP contribution in [0.2, 0.25) is 5.02 Å². The number of aliphatic hydroxyl groups is 2. The molecule has 13 nitrogen and oxygen atoms in total. The third-order valence-electron chi connectivity index (χ3n) is 11.6. The molecular weight excluding hydrogens is 788 g/mol. The number of rotatable bonds is 29. The Balaban J connectivity index is 1.03. The number of halogens is 2. The molecular formula is C42H66ClFN5O8P. The van der Waals surface area contributed by atoms with Crippen LogP contribution in [0.25, 0.3) is 5.52 Å². The van der Waals surface area contributed by atoms with Crippen LogP contribution in [0.5, 0.6) is 0 Å². The maximum Gasteiger partial charge on any atom is 0.472 e. The smallest absolute Gasteiger partial charge is 0.386 e. The Bertz CT molecular complexity index is 1780. The van der Waals surface area contributed by atoms with E-state index >= 15 is 0 Å². The number of phosphoric ester groups is 1. The van der Waals surface area contributed by atoms with Crippen molar-refractivity contribution in [2.45, 2.75) is 172 Å². The van der Waals surface area contributed by atoms with Crippen LogP contribution < -0.4 is 11.1 Å². The molecule has 8 atom stereocenters. The Kier molecular flexibility index (Phi) is 17.8. The number of hydrogen-bond donors (Lipinski definition) is 5. The Hall–Kier alpha value is -2.23. The van der Waals surface area contributed by atoms with Crippen molar-refractivity contribution < 1.29 is 42.6 Å². The number of ether oxygens (including phenoxy) is 2. The summed E-state index contributed by atoms with van der Waals surface area (Å²) in [5, 5.41) is 30.3. The molecule has 6 N–H and O–H groups in total. The van der Waals surface area contributed by atoms with E-state index in [-0.39, 0.29) is 30.1 Å². The van der Waals surface area contributed by atoms with E-state index in [4.69, 9.17) is 35.9 Å². The zero-order valence-corrected chi connectivity index (χ0v) is 36.1. The maximum atomic E-state index is 13.8. The lowest BCUT2D eigenvalue weighted by molar-refractivity contribution is -0.126. The molecule has 2 fully saturated rings. The van der Waals surface area contributed by atoms with Crippen LogP contribution in [0.15, 0.2) is 36.7 Å². The Labute approximate surface area is 348 Å². The molecule has 3 unspecified atom stereocenters. The van der Waals surface area contributed by atoms with Gasteiger partial charge in [-0.3, -0.25) is 9.05 Å². The fourth-order valence-electron chi connectivity index (χ4n) is 8.20. The van der Waals surface area contributed by atoms with Gasteiger partial charge in [-0.2, -0.15) is 5.10 Å². The van der Waals surface area contributed by atoms with E-state index in [1.54, 1.807) is 31.2 Å². The Morgan fingerprint density at radius 1 is 1.00 bits per heavy atom. The van der Waals surface area contributed by atoms with Crippen molar-refractivity contribution in [1.82, 2.24) is 19.9 Å². The highest BCUT2D eigenvalue weighted by molar-refractivity contribution is 7.47. The summed E-state index contributed by atoms with van der Waals surface area (Å²) in [5.74, 6) is -0.267. The van der Waals surface area contributed by atoms with Crippen LogP contribution >= 0.6 is 19.4 Å². The number of benzene rings is 1. The van der Waals surface area contributed by atoms with E-state index in [1.165, 1.54) is 100 Å². The standard InChI is InChI=1S/C42H66ClFN5O8P/c1-4-5-6-7-8-9-10-11-12-13-14-15-16-17-18-19-24-54-27-32(48-30(2)25-31-20-21-34(44)33(43)26-31)28-55-58(52,53)57-38-37-42(38,51)40(50)41(3,56-37)36-23-22-35-39(45)46-29-47-49(35)36/h20-23,26,29-30,32,37-38,40,48,50-51H,4-19,24-25,27-28H2,1-3H3,(H,52,53)(H2,45,46,47)/t30?,32-,37-,38?,40+,41+,42+/m1/s1. The van der Waals surface area contributed by atoms with Gasteiger partial charge >= 0.3 is 7.82 Å². The lowest BCUT2D eigenvalue weighted by Gasteiger charge is -2.32. The summed E-state index contributed by atoms with van der Waals surface area (Å²) in [7, 11) is -4.76. The van der Waals surface area contributed by atoms with E-state index in [0.29, 0.717) is 24.2 Å². The van der Waals surface area contributed by atoms with Gasteiger partial charge in [0.2, 0.25) is 0 Å². The molecule has 0 bridgehead atoms. The van der Waals surface area contributed by atoms with Crippen LogP contribution in [0, 0.1) is 5.82 Å². The molecule has 1 aliphatic heterocycles. The van der Waals surface area contributed by atoms with E-state index < -0.39 is 49.2 Å². The minimum Gasteiger partial charge on any atom is -0.386 e. The van der Waals surface area contributed by atoms with Gasteiger partial charge in [0.25, 0.3) is 0 Å². The number of fused-ring (bicyclic) bond motifs is 2. The lowest BCUT2D eigenvalue weighted by atomic mass is 9.91. The summed E-state index contributed by atoms with van der Waals surface area (Å²) in [5.41, 5.74) is 4.29. The highest BCUT2D eigenvalue weighted by atomic mass is 35.5. The first-order valence-corrected chi connectivity index (χ1v) is 23.3. The van der Waals surface area contributed by atoms with Crippen molar-refractivity contribution in [3.05, 3.63) is 58.8 Å². The first-order chi connectivity index (χ1) is 27.8. The number of aromatic nitrogens is 3. The molecule has 326 valence electrons. The summed E-state index contributed by atoms with van der Waals surface area (Å²) in [6.45, 7) is 6.26. The topological polar surface area (TPSA) is 183 Å². The second-order valence-electron chi connectivity index (χ2n) is 16.5. The molecule has 1 aromatic carbocycles. The fourth-order valence-corrected chi connectivity index (χ4v) is 9.40. The number of nitrogens with two attached hydrogens (primary N) is 1. The quantitative estimate of drug-likeness (QED) is 0.0334. The SMILES string of the molecule is CCCCCCCCCCCCCCCCCCOC[C@H](COP(=O)(O)OC1[C@H]2O[C@@](C)(c3ccc4c(N)ncnn34)[C@H](O)[C@@]12O)NC(C)Cc1ccc(F)c(Cl)c1. The molecule has 2 aliphatic rings. The Morgan fingerprint density at radius 3 is 2.21 bits per heavy atom. The van der Waals surface area contributed by atoms with Gasteiger partial charge in [0.1, 0.15) is 41.6 Å². The number of nitrogens with zero attached hydrogens (tertiary/aromatic N) is 3. The molecule has 0 spiro atoms. The fraction of sp³-hybridized carbons (Fsp3) is 0.714. The zero-order chi connectivity index (χ0) is 41.8. The highest BCUT2D eigenvalue weighted by Gasteiger charge is 2.82. The second kappa shape index (κ2) is 22.0. The van der Waals surface area contributed by atoms with Crippen LogP contribution in [-0.2, 0) is 35.1 Å². The van der Waals surface area contributed by atoms with Crippen molar-refractivity contribution >= 4 is 30.8 Å². The molecule has 1 saturated heterocycles. The van der Waals surface area contributed by atoms with Crippen LogP contribution in [0.4, 0.5) is 10.2 Å². The molecule has 1 aliphatic carbocycles. The molecule has 2 aromatic heterocycles. The number of phosphoric acid groups is 1. The molecule has 16 heteroatoms. The average Bonchev–Trinajstić information content (AvgIpc) is 3.43. The highest BCUT2D eigenvalue weighted by Crippen LogP contribution is 2.63. The second-order valence-corrected chi connectivity index (χ2v) is 18.3. The predicted molar refractivity (Wildman–Crippen MR) is 223 cm³/mol. The number of unbranched alkanes of at least 4 members (excludes halogenated alkanes) is 15. The molecule has 58 heavy (non-hydrogen) atoms. The summed E-state index contributed by atoms with van der Waals surface area (Å²) >= 11 is 6.00. The number of nitrogens with one attached hydrogen (secondary N) is 1. The monoisotopic (exact) mass is 853 g/mol. The van der Waals surface area contributed by atoms with E-state index in [0.717, 1.165) is 24.8 Å². The van der Waals surface area contributed by atoms with Gasteiger partial charge in [0.05, 0.1) is 30.0 Å². The molecule has 3 heterocycles. The van der Waals surface area contributed by atoms with Crippen molar-refractivity contribution in [3.8, 4) is 0 Å². The average molecular weight is 854 g/mol. The van der Waals surface area contributed by atoms with Crippen LogP contribution in [0.1, 0.15) is 135 Å². The molecule has 0 radical (unpaired) electrons. The van der Waals surface area contributed by atoms with E-state index in [9.17, 15) is 24.1 Å². The molecule has 3 aromatic rings. The Morgan fingerprint density at radius 2 is 1.62 bits per heavy atom. The van der Waals surface area contributed by atoms with E-state index in [1.807, 2.05) is 6.92 Å². The first-order valence-electron chi connectivity index (χ1n) is 21.4. The lowest BCUT2D eigenvalue weighted by Crippen LogP contribution is -2.46. The number of anilines is 1. The summed E-state index contributed by atoms with van der Waals surface area (Å²) in [6, 6.07) is 7.22. The number of aliphatic hydroxyl groups excluding tert-OH is 1. The normalized spacial score (nSPS) is 24.9. The maximum absolute atomic E-state index is 13.8. The van der Waals surface area contributed by atoms with Crippen molar-refractivity contribution in [2.75, 3.05) is 25.6 Å². The third-order valence-corrected chi connectivity index (χ3v) is 12.9.